The summed E-state index contributed by atoms with van der Waals surface area (Å²) >= 11 is 0.106. The average Bonchev–Trinajstić information content (AvgIpc) is 2.76. The number of thioether (sulfide) groups is 1. The third kappa shape index (κ3) is 3.15. The molecule has 0 bridgehead atoms. The second kappa shape index (κ2) is 6.20. The Morgan fingerprint density at radius 1 is 1.24 bits per heavy atom. The number of nitrogens with two attached hydrogens (primary N) is 1. The van der Waals surface area contributed by atoms with Crippen molar-refractivity contribution in [3.8, 4) is 17.6 Å². The van der Waals surface area contributed by atoms with Crippen molar-refractivity contribution in [1.82, 2.24) is 0 Å². The van der Waals surface area contributed by atoms with Gasteiger partial charge in [-0.1, -0.05) is 0 Å². The topological polar surface area (TPSA) is 59.0 Å². The molecule has 2 aromatic rings. The van der Waals surface area contributed by atoms with Crippen LogP contribution < -0.4 is 10.5 Å². The van der Waals surface area contributed by atoms with Crippen LogP contribution in [0.5, 0.6) is 11.5 Å². The van der Waals surface area contributed by atoms with E-state index < -0.39 is 34.9 Å². The van der Waals surface area contributed by atoms with Gasteiger partial charge in [0, 0.05) is 16.5 Å². The summed E-state index contributed by atoms with van der Waals surface area (Å²) < 4.78 is 73.3. The lowest BCUT2D eigenvalue weighted by atomic mass is 10.0. The minimum Gasteiger partial charge on any atom is -0.457 e. The van der Waals surface area contributed by atoms with Crippen LogP contribution in [0.2, 0.25) is 0 Å². The molecule has 1 aliphatic rings. The smallest absolute Gasteiger partial charge is 0.317 e. The molecular weight excluding hydrogens is 363 g/mol. The molecule has 0 saturated heterocycles. The van der Waals surface area contributed by atoms with Crippen LogP contribution in [-0.2, 0) is 0 Å². The van der Waals surface area contributed by atoms with Crippen LogP contribution in [0.15, 0.2) is 35.2 Å². The fourth-order valence-corrected chi connectivity index (χ4v) is 3.53. The maximum atomic E-state index is 13.8. The molecule has 0 spiro atoms. The first-order valence-electron chi connectivity index (χ1n) is 6.89. The van der Waals surface area contributed by atoms with Gasteiger partial charge in [0.15, 0.2) is 0 Å². The molecule has 2 aromatic carbocycles. The molecule has 1 aliphatic heterocycles. The average molecular weight is 372 g/mol. The molecule has 9 heteroatoms. The van der Waals surface area contributed by atoms with Gasteiger partial charge in [0.05, 0.1) is 17.2 Å². The highest BCUT2D eigenvalue weighted by Crippen LogP contribution is 2.56. The molecule has 1 atom stereocenters. The van der Waals surface area contributed by atoms with Crippen LogP contribution >= 0.6 is 11.8 Å². The van der Waals surface area contributed by atoms with Gasteiger partial charge < -0.3 is 10.5 Å². The van der Waals surface area contributed by atoms with E-state index in [2.05, 4.69) is 0 Å². The predicted octanol–water partition coefficient (Wildman–Crippen LogP) is 5.13. The SMILES string of the molecule is N#Cc1cc(F)cc(Oc2ccc3c(c2C(F)F)C(N)C(F)(F)S3)c1. The van der Waals surface area contributed by atoms with E-state index in [4.69, 9.17) is 15.7 Å². The van der Waals surface area contributed by atoms with Gasteiger partial charge in [-0.3, -0.25) is 0 Å². The summed E-state index contributed by atoms with van der Waals surface area (Å²) in [4.78, 5) is -0.0582. The van der Waals surface area contributed by atoms with Gasteiger partial charge in [-0.05, 0) is 36.0 Å². The maximum absolute atomic E-state index is 13.8. The summed E-state index contributed by atoms with van der Waals surface area (Å²) in [6.07, 6.45) is -3.13. The lowest BCUT2D eigenvalue weighted by Crippen LogP contribution is -2.26. The normalized spacial score (nSPS) is 18.1. The summed E-state index contributed by atoms with van der Waals surface area (Å²) in [7, 11) is 0. The van der Waals surface area contributed by atoms with Crippen molar-refractivity contribution >= 4 is 11.8 Å². The van der Waals surface area contributed by atoms with E-state index in [1.54, 1.807) is 6.07 Å². The fourth-order valence-electron chi connectivity index (χ4n) is 2.51. The molecule has 0 aliphatic carbocycles. The number of hydrogen-bond acceptors (Lipinski definition) is 4. The van der Waals surface area contributed by atoms with Crippen LogP contribution in [0.4, 0.5) is 22.0 Å². The Kier molecular flexibility index (Phi) is 4.34. The van der Waals surface area contributed by atoms with Crippen molar-refractivity contribution in [3.05, 3.63) is 52.8 Å². The molecule has 0 saturated carbocycles. The summed E-state index contributed by atoms with van der Waals surface area (Å²) in [5.74, 6) is -1.42. The number of nitrogens with zero attached hydrogens (tertiary/aromatic N) is 1. The lowest BCUT2D eigenvalue weighted by molar-refractivity contribution is 0.0770. The minimum atomic E-state index is -3.42. The van der Waals surface area contributed by atoms with Gasteiger partial charge in [-0.15, -0.1) is 0 Å². The minimum absolute atomic E-state index is 0.0582. The molecule has 0 radical (unpaired) electrons. The summed E-state index contributed by atoms with van der Waals surface area (Å²) in [5, 5.41) is 5.40. The Labute approximate surface area is 143 Å². The van der Waals surface area contributed by atoms with E-state index in [9.17, 15) is 22.0 Å². The van der Waals surface area contributed by atoms with E-state index in [-0.39, 0.29) is 33.5 Å². The van der Waals surface area contributed by atoms with Crippen LogP contribution in [0.1, 0.15) is 29.2 Å². The zero-order valence-electron chi connectivity index (χ0n) is 12.3. The van der Waals surface area contributed by atoms with Gasteiger partial charge in [0.1, 0.15) is 23.4 Å². The zero-order valence-corrected chi connectivity index (χ0v) is 13.1. The second-order valence-corrected chi connectivity index (χ2v) is 6.41. The monoisotopic (exact) mass is 372 g/mol. The molecule has 0 aromatic heterocycles. The van der Waals surface area contributed by atoms with Crippen molar-refractivity contribution < 1.29 is 26.7 Å². The molecular formula is C16H9F5N2OS. The maximum Gasteiger partial charge on any atom is 0.317 e. The van der Waals surface area contributed by atoms with Crippen molar-refractivity contribution in [2.75, 3.05) is 0 Å². The van der Waals surface area contributed by atoms with Crippen molar-refractivity contribution in [2.24, 2.45) is 5.73 Å². The predicted molar refractivity (Wildman–Crippen MR) is 80.3 cm³/mol. The molecule has 0 fully saturated rings. The van der Waals surface area contributed by atoms with Crippen molar-refractivity contribution in [3.63, 3.8) is 0 Å². The Balaban J connectivity index is 2.09. The molecule has 0 amide bonds. The zero-order chi connectivity index (χ0) is 18.4. The van der Waals surface area contributed by atoms with E-state index in [0.29, 0.717) is 0 Å². The first-order chi connectivity index (χ1) is 11.7. The first kappa shape index (κ1) is 17.5. The van der Waals surface area contributed by atoms with E-state index in [0.717, 1.165) is 24.3 Å². The largest absolute Gasteiger partial charge is 0.457 e. The third-order valence-electron chi connectivity index (χ3n) is 3.57. The number of ether oxygens (including phenoxy) is 1. The molecule has 1 unspecified atom stereocenters. The van der Waals surface area contributed by atoms with Crippen LogP contribution in [0.3, 0.4) is 0 Å². The standard InChI is InChI=1S/C16H9F5N2OS/c17-8-3-7(6-22)4-9(5-8)24-10-1-2-11-13(12(10)15(18)19)14(23)16(20,21)25-11/h1-5,14-15H,23H2. The highest BCUT2D eigenvalue weighted by molar-refractivity contribution is 8.00. The quantitative estimate of drug-likeness (QED) is 0.760. The Morgan fingerprint density at radius 3 is 2.60 bits per heavy atom. The Hall–Kier alpha value is -2.31. The van der Waals surface area contributed by atoms with E-state index in [1.807, 2.05) is 0 Å². The van der Waals surface area contributed by atoms with Crippen LogP contribution in [0.25, 0.3) is 0 Å². The molecule has 2 N–H and O–H groups in total. The van der Waals surface area contributed by atoms with Crippen molar-refractivity contribution in [1.29, 1.82) is 5.26 Å². The number of halogens is 5. The highest BCUT2D eigenvalue weighted by atomic mass is 32.2. The second-order valence-electron chi connectivity index (χ2n) is 5.22. The van der Waals surface area contributed by atoms with Crippen LogP contribution in [0, 0.1) is 17.1 Å². The Morgan fingerprint density at radius 2 is 1.96 bits per heavy atom. The number of fused-ring (bicyclic) bond motifs is 1. The van der Waals surface area contributed by atoms with Gasteiger partial charge in [-0.25, -0.2) is 13.2 Å². The van der Waals surface area contributed by atoms with Crippen LogP contribution in [-0.4, -0.2) is 5.25 Å². The van der Waals surface area contributed by atoms with Gasteiger partial charge >= 0.3 is 5.25 Å². The summed E-state index contributed by atoms with van der Waals surface area (Å²) in [5.41, 5.74) is 4.20. The number of nitriles is 1. The lowest BCUT2D eigenvalue weighted by Gasteiger charge is -2.18. The third-order valence-corrected chi connectivity index (χ3v) is 4.67. The van der Waals surface area contributed by atoms with Gasteiger partial charge in [-0.2, -0.15) is 14.0 Å². The number of rotatable bonds is 3. The summed E-state index contributed by atoms with van der Waals surface area (Å²) in [6, 6.07) is 5.07. The molecule has 130 valence electrons. The van der Waals surface area contributed by atoms with Gasteiger partial charge in [0.25, 0.3) is 6.43 Å². The molecule has 1 heterocycles. The van der Waals surface area contributed by atoms with Crippen molar-refractivity contribution in [2.45, 2.75) is 22.6 Å². The molecule has 3 nitrogen and oxygen atoms in total. The number of benzene rings is 2. The number of hydrogen-bond donors (Lipinski definition) is 1. The number of alkyl halides is 4. The first-order valence-corrected chi connectivity index (χ1v) is 7.70. The molecule has 3 rings (SSSR count). The molecule has 25 heavy (non-hydrogen) atoms. The van der Waals surface area contributed by atoms with E-state index >= 15 is 0 Å². The van der Waals surface area contributed by atoms with E-state index in [1.165, 1.54) is 6.07 Å². The summed E-state index contributed by atoms with van der Waals surface area (Å²) in [6.45, 7) is 0. The fraction of sp³-hybridized carbons (Fsp3) is 0.188. The Bertz CT molecular complexity index is 882. The highest BCUT2D eigenvalue weighted by Gasteiger charge is 2.49. The van der Waals surface area contributed by atoms with Gasteiger partial charge in [0.2, 0.25) is 0 Å².